The lowest BCUT2D eigenvalue weighted by atomic mass is 10.2. The highest BCUT2D eigenvalue weighted by Crippen LogP contribution is 2.31. The van der Waals surface area contributed by atoms with Crippen molar-refractivity contribution < 1.29 is 21.6 Å². The number of benzene rings is 2. The minimum Gasteiger partial charge on any atom is -0.280 e. The van der Waals surface area contributed by atoms with E-state index < -0.39 is 21.8 Å². The van der Waals surface area contributed by atoms with Gasteiger partial charge in [-0.25, -0.2) is 8.42 Å². The molecule has 0 aliphatic carbocycles. The Morgan fingerprint density at radius 2 is 1.70 bits per heavy atom. The van der Waals surface area contributed by atoms with Gasteiger partial charge in [-0.1, -0.05) is 17.7 Å². The van der Waals surface area contributed by atoms with Crippen LogP contribution in [0.15, 0.2) is 41.3 Å². The molecule has 0 saturated heterocycles. The Balaban J connectivity index is 2.42. The summed E-state index contributed by atoms with van der Waals surface area (Å²) in [6.45, 7) is 3.21. The first-order valence-corrected chi connectivity index (χ1v) is 8.33. The minimum absolute atomic E-state index is 0.0307. The molecule has 0 radical (unpaired) electrons. The van der Waals surface area contributed by atoms with Gasteiger partial charge in [0.25, 0.3) is 10.0 Å². The summed E-state index contributed by atoms with van der Waals surface area (Å²) in [7, 11) is -4.02. The van der Waals surface area contributed by atoms with Gasteiger partial charge in [0.1, 0.15) is 0 Å². The molecule has 2 aromatic carbocycles. The number of alkyl halides is 3. The molecule has 0 aliphatic heterocycles. The summed E-state index contributed by atoms with van der Waals surface area (Å²) < 4.78 is 65.1. The van der Waals surface area contributed by atoms with Crippen molar-refractivity contribution in [3.63, 3.8) is 0 Å². The topological polar surface area (TPSA) is 46.2 Å². The first-order chi connectivity index (χ1) is 10.5. The second kappa shape index (κ2) is 6.05. The van der Waals surface area contributed by atoms with Crippen LogP contribution in [0.5, 0.6) is 0 Å². The summed E-state index contributed by atoms with van der Waals surface area (Å²) in [4.78, 5) is -0.0307. The van der Waals surface area contributed by atoms with E-state index in [0.29, 0.717) is 16.1 Å². The van der Waals surface area contributed by atoms with Crippen molar-refractivity contribution in [2.24, 2.45) is 0 Å². The average molecular weight is 364 g/mol. The number of rotatable bonds is 3. The van der Waals surface area contributed by atoms with E-state index in [0.717, 1.165) is 18.2 Å². The molecule has 0 saturated carbocycles. The highest BCUT2D eigenvalue weighted by Gasteiger charge is 2.30. The van der Waals surface area contributed by atoms with Crippen molar-refractivity contribution >= 4 is 27.3 Å². The standard InChI is InChI=1S/C15H13ClF3NO2S/c1-9-7-14(10(2)6-13(9)16)23(21,22)20-12-5-3-4-11(8-12)15(17,18)19/h3-8,20H,1-2H3. The average Bonchev–Trinajstić information content (AvgIpc) is 2.41. The van der Waals surface area contributed by atoms with Gasteiger partial charge in [0.15, 0.2) is 0 Å². The fraction of sp³-hybridized carbons (Fsp3) is 0.200. The number of halogens is 4. The Kier molecular flexibility index (Phi) is 4.64. The number of hydrogen-bond acceptors (Lipinski definition) is 2. The third-order valence-corrected chi connectivity index (χ3v) is 5.12. The molecule has 0 bridgehead atoms. The Morgan fingerprint density at radius 3 is 2.30 bits per heavy atom. The Bertz CT molecular complexity index is 848. The second-order valence-corrected chi connectivity index (χ2v) is 7.11. The third-order valence-electron chi connectivity index (χ3n) is 3.19. The quantitative estimate of drug-likeness (QED) is 0.853. The van der Waals surface area contributed by atoms with Crippen LogP contribution >= 0.6 is 11.6 Å². The zero-order valence-electron chi connectivity index (χ0n) is 12.2. The number of aryl methyl sites for hydroxylation is 2. The van der Waals surface area contributed by atoms with E-state index in [2.05, 4.69) is 4.72 Å². The molecule has 23 heavy (non-hydrogen) atoms. The Labute approximate surface area is 137 Å². The normalized spacial score (nSPS) is 12.3. The zero-order valence-corrected chi connectivity index (χ0v) is 13.8. The predicted octanol–water partition coefficient (Wildman–Crippen LogP) is 4.78. The molecule has 0 aromatic heterocycles. The third kappa shape index (κ3) is 3.97. The van der Waals surface area contributed by atoms with E-state index in [1.54, 1.807) is 13.8 Å². The lowest BCUT2D eigenvalue weighted by Crippen LogP contribution is -2.15. The van der Waals surface area contributed by atoms with Crippen molar-refractivity contribution in [2.45, 2.75) is 24.9 Å². The molecule has 0 atom stereocenters. The maximum absolute atomic E-state index is 12.7. The largest absolute Gasteiger partial charge is 0.416 e. The summed E-state index contributed by atoms with van der Waals surface area (Å²) in [5.74, 6) is 0. The minimum atomic E-state index is -4.55. The van der Waals surface area contributed by atoms with Crippen molar-refractivity contribution in [2.75, 3.05) is 4.72 Å². The van der Waals surface area contributed by atoms with Gasteiger partial charge in [0, 0.05) is 10.7 Å². The smallest absolute Gasteiger partial charge is 0.280 e. The SMILES string of the molecule is Cc1cc(S(=O)(=O)Nc2cccc(C(F)(F)F)c2)c(C)cc1Cl. The molecule has 0 heterocycles. The van der Waals surface area contributed by atoms with Crippen LogP contribution in [0.2, 0.25) is 5.02 Å². The molecule has 0 amide bonds. The molecular formula is C15H13ClF3NO2S. The van der Waals surface area contributed by atoms with Crippen LogP contribution in [0, 0.1) is 13.8 Å². The van der Waals surface area contributed by atoms with E-state index in [1.807, 2.05) is 0 Å². The molecule has 0 unspecified atom stereocenters. The first kappa shape index (κ1) is 17.6. The van der Waals surface area contributed by atoms with Crippen LogP contribution in [0.3, 0.4) is 0 Å². The van der Waals surface area contributed by atoms with E-state index in [9.17, 15) is 21.6 Å². The van der Waals surface area contributed by atoms with Gasteiger partial charge in [-0.15, -0.1) is 0 Å². The molecule has 2 aromatic rings. The molecule has 3 nitrogen and oxygen atoms in total. The molecule has 0 spiro atoms. The molecule has 1 N–H and O–H groups in total. The molecule has 8 heteroatoms. The van der Waals surface area contributed by atoms with E-state index in [1.165, 1.54) is 18.2 Å². The van der Waals surface area contributed by atoms with Crippen molar-refractivity contribution in [1.82, 2.24) is 0 Å². The molecule has 2 rings (SSSR count). The fourth-order valence-electron chi connectivity index (χ4n) is 2.01. The van der Waals surface area contributed by atoms with Crippen LogP contribution in [0.4, 0.5) is 18.9 Å². The number of anilines is 1. The molecule has 0 aliphatic rings. The summed E-state index contributed by atoms with van der Waals surface area (Å²) in [6.07, 6.45) is -4.55. The fourth-order valence-corrected chi connectivity index (χ4v) is 3.59. The summed E-state index contributed by atoms with van der Waals surface area (Å²) in [5, 5.41) is 0.417. The molecular weight excluding hydrogens is 351 g/mol. The Hall–Kier alpha value is -1.73. The number of hydrogen-bond donors (Lipinski definition) is 1. The second-order valence-electron chi connectivity index (χ2n) is 5.05. The zero-order chi connectivity index (χ0) is 17.4. The van der Waals surface area contributed by atoms with Gasteiger partial charge in [0.05, 0.1) is 10.5 Å². The van der Waals surface area contributed by atoms with Crippen LogP contribution in [0.1, 0.15) is 16.7 Å². The van der Waals surface area contributed by atoms with E-state index in [-0.39, 0.29) is 10.6 Å². The van der Waals surface area contributed by atoms with Gasteiger partial charge in [-0.05, 0) is 55.3 Å². The summed E-state index contributed by atoms with van der Waals surface area (Å²) >= 11 is 5.93. The molecule has 0 fully saturated rings. The van der Waals surface area contributed by atoms with Crippen LogP contribution < -0.4 is 4.72 Å². The number of sulfonamides is 1. The van der Waals surface area contributed by atoms with E-state index in [4.69, 9.17) is 11.6 Å². The predicted molar refractivity (Wildman–Crippen MR) is 83.2 cm³/mol. The lowest BCUT2D eigenvalue weighted by Gasteiger charge is -2.13. The lowest BCUT2D eigenvalue weighted by molar-refractivity contribution is -0.137. The Morgan fingerprint density at radius 1 is 1.04 bits per heavy atom. The van der Waals surface area contributed by atoms with Gasteiger partial charge in [0.2, 0.25) is 0 Å². The van der Waals surface area contributed by atoms with Crippen molar-refractivity contribution in [3.8, 4) is 0 Å². The number of nitrogens with one attached hydrogen (secondary N) is 1. The van der Waals surface area contributed by atoms with Crippen molar-refractivity contribution in [3.05, 3.63) is 58.1 Å². The van der Waals surface area contributed by atoms with Crippen LogP contribution in [-0.4, -0.2) is 8.42 Å². The highest BCUT2D eigenvalue weighted by molar-refractivity contribution is 7.92. The van der Waals surface area contributed by atoms with E-state index >= 15 is 0 Å². The first-order valence-electron chi connectivity index (χ1n) is 6.47. The van der Waals surface area contributed by atoms with Gasteiger partial charge >= 0.3 is 6.18 Å². The summed E-state index contributed by atoms with van der Waals surface area (Å²) in [6, 6.07) is 6.89. The van der Waals surface area contributed by atoms with Crippen molar-refractivity contribution in [1.29, 1.82) is 0 Å². The van der Waals surface area contributed by atoms with Gasteiger partial charge in [-0.3, -0.25) is 4.72 Å². The monoisotopic (exact) mass is 363 g/mol. The van der Waals surface area contributed by atoms with Gasteiger partial charge in [-0.2, -0.15) is 13.2 Å². The van der Waals surface area contributed by atoms with Gasteiger partial charge < -0.3 is 0 Å². The summed E-state index contributed by atoms with van der Waals surface area (Å²) in [5.41, 5.74) is -0.129. The van der Waals surface area contributed by atoms with Crippen LogP contribution in [0.25, 0.3) is 0 Å². The molecule has 124 valence electrons. The maximum atomic E-state index is 12.7. The highest BCUT2D eigenvalue weighted by atomic mass is 35.5. The maximum Gasteiger partial charge on any atom is 0.416 e. The van der Waals surface area contributed by atoms with Crippen LogP contribution in [-0.2, 0) is 16.2 Å².